The normalized spacial score (nSPS) is 10.6. The summed E-state index contributed by atoms with van der Waals surface area (Å²) in [5.74, 6) is 1.81. The third kappa shape index (κ3) is 3.52. The Bertz CT molecular complexity index is 602. The fourth-order valence-corrected chi connectivity index (χ4v) is 3.30. The molecular weight excluding hydrogens is 334 g/mol. The standard InChI is InChI=1S/C15H18BrN3S/c1-4-7-13-18-14(17-3)10(2)15(19-13)20-12-9-6-5-8-11(12)16/h5-6,8-9H,4,7H2,1-3H3,(H,17,18,19). The van der Waals surface area contributed by atoms with E-state index in [-0.39, 0.29) is 0 Å². The molecule has 1 N–H and O–H groups in total. The maximum atomic E-state index is 4.70. The number of aryl methyl sites for hydroxylation is 1. The van der Waals surface area contributed by atoms with Gasteiger partial charge in [0.25, 0.3) is 0 Å². The lowest BCUT2D eigenvalue weighted by Crippen LogP contribution is -2.04. The van der Waals surface area contributed by atoms with E-state index in [1.54, 1.807) is 11.8 Å². The fraction of sp³-hybridized carbons (Fsp3) is 0.333. The Hall–Kier alpha value is -1.07. The Morgan fingerprint density at radius 1 is 1.25 bits per heavy atom. The molecule has 0 amide bonds. The zero-order valence-electron chi connectivity index (χ0n) is 11.9. The highest BCUT2D eigenvalue weighted by atomic mass is 79.9. The molecule has 2 aromatic rings. The van der Waals surface area contributed by atoms with Crippen LogP contribution in [0.3, 0.4) is 0 Å². The van der Waals surface area contributed by atoms with Gasteiger partial charge in [0.1, 0.15) is 16.7 Å². The fourth-order valence-electron chi connectivity index (χ4n) is 1.85. The third-order valence-electron chi connectivity index (χ3n) is 2.90. The minimum absolute atomic E-state index is 0.900. The van der Waals surface area contributed by atoms with Crippen LogP contribution in [-0.2, 0) is 6.42 Å². The molecule has 0 spiro atoms. The van der Waals surface area contributed by atoms with Gasteiger partial charge in [-0.1, -0.05) is 30.8 Å². The highest BCUT2D eigenvalue weighted by Crippen LogP contribution is 2.35. The van der Waals surface area contributed by atoms with Crippen LogP contribution in [0.5, 0.6) is 0 Å². The van der Waals surface area contributed by atoms with Crippen LogP contribution >= 0.6 is 27.7 Å². The van der Waals surface area contributed by atoms with Gasteiger partial charge in [-0.3, -0.25) is 0 Å². The van der Waals surface area contributed by atoms with Crippen molar-refractivity contribution in [3.8, 4) is 0 Å². The molecule has 0 bridgehead atoms. The van der Waals surface area contributed by atoms with E-state index in [1.165, 1.54) is 4.90 Å². The molecule has 0 radical (unpaired) electrons. The van der Waals surface area contributed by atoms with Crippen molar-refractivity contribution in [3.05, 3.63) is 40.1 Å². The molecule has 3 nitrogen and oxygen atoms in total. The molecule has 0 saturated carbocycles. The molecule has 0 atom stereocenters. The second-order valence-electron chi connectivity index (χ2n) is 4.45. The van der Waals surface area contributed by atoms with E-state index in [0.29, 0.717) is 0 Å². The van der Waals surface area contributed by atoms with Crippen molar-refractivity contribution < 1.29 is 0 Å². The van der Waals surface area contributed by atoms with E-state index in [9.17, 15) is 0 Å². The molecule has 2 rings (SSSR count). The van der Waals surface area contributed by atoms with Gasteiger partial charge in [-0.15, -0.1) is 0 Å². The summed E-state index contributed by atoms with van der Waals surface area (Å²) in [5, 5.41) is 4.17. The van der Waals surface area contributed by atoms with Crippen molar-refractivity contribution in [1.82, 2.24) is 9.97 Å². The second-order valence-corrected chi connectivity index (χ2v) is 6.34. The van der Waals surface area contributed by atoms with Crippen molar-refractivity contribution in [2.24, 2.45) is 0 Å². The molecule has 0 fully saturated rings. The number of nitrogens with zero attached hydrogens (tertiary/aromatic N) is 2. The molecule has 1 aromatic heterocycles. The van der Waals surface area contributed by atoms with Crippen LogP contribution < -0.4 is 5.32 Å². The quantitative estimate of drug-likeness (QED) is 0.792. The van der Waals surface area contributed by atoms with Crippen molar-refractivity contribution in [2.45, 2.75) is 36.6 Å². The maximum Gasteiger partial charge on any atom is 0.133 e. The van der Waals surface area contributed by atoms with Crippen LogP contribution in [0.2, 0.25) is 0 Å². The third-order valence-corrected chi connectivity index (χ3v) is 5.02. The first-order valence-corrected chi connectivity index (χ1v) is 8.24. The molecule has 1 heterocycles. The zero-order chi connectivity index (χ0) is 14.5. The Morgan fingerprint density at radius 3 is 2.65 bits per heavy atom. The minimum atomic E-state index is 0.900. The Morgan fingerprint density at radius 2 is 2.00 bits per heavy atom. The van der Waals surface area contributed by atoms with Gasteiger partial charge in [0.05, 0.1) is 0 Å². The lowest BCUT2D eigenvalue weighted by molar-refractivity contribution is 0.804. The first-order valence-electron chi connectivity index (χ1n) is 6.63. The van der Waals surface area contributed by atoms with Crippen molar-refractivity contribution in [2.75, 3.05) is 12.4 Å². The average Bonchev–Trinajstić information content (AvgIpc) is 2.45. The van der Waals surface area contributed by atoms with Gasteiger partial charge >= 0.3 is 0 Å². The molecular formula is C15H18BrN3S. The summed E-state index contributed by atoms with van der Waals surface area (Å²) >= 11 is 5.26. The summed E-state index contributed by atoms with van der Waals surface area (Å²) in [7, 11) is 1.90. The van der Waals surface area contributed by atoms with Gasteiger partial charge < -0.3 is 5.32 Å². The largest absolute Gasteiger partial charge is 0.373 e. The van der Waals surface area contributed by atoms with Crippen LogP contribution in [0.25, 0.3) is 0 Å². The lowest BCUT2D eigenvalue weighted by Gasteiger charge is -2.12. The van der Waals surface area contributed by atoms with Crippen LogP contribution in [0.4, 0.5) is 5.82 Å². The molecule has 106 valence electrons. The molecule has 20 heavy (non-hydrogen) atoms. The summed E-state index contributed by atoms with van der Waals surface area (Å²) in [6, 6.07) is 8.19. The van der Waals surface area contributed by atoms with E-state index in [1.807, 2.05) is 25.2 Å². The number of benzene rings is 1. The number of hydrogen-bond donors (Lipinski definition) is 1. The van der Waals surface area contributed by atoms with E-state index < -0.39 is 0 Å². The van der Waals surface area contributed by atoms with E-state index in [2.05, 4.69) is 46.1 Å². The maximum absolute atomic E-state index is 4.70. The highest BCUT2D eigenvalue weighted by molar-refractivity contribution is 9.10. The molecule has 0 aliphatic heterocycles. The summed E-state index contributed by atoms with van der Waals surface area (Å²) in [6.07, 6.45) is 1.95. The second kappa shape index (κ2) is 7.09. The monoisotopic (exact) mass is 351 g/mol. The predicted octanol–water partition coefficient (Wildman–Crippen LogP) is 4.69. The van der Waals surface area contributed by atoms with Crippen LogP contribution in [0.15, 0.2) is 38.7 Å². The van der Waals surface area contributed by atoms with Gasteiger partial charge in [-0.2, -0.15) is 0 Å². The summed E-state index contributed by atoms with van der Waals surface area (Å²) in [5.41, 5.74) is 1.09. The Balaban J connectivity index is 2.39. The van der Waals surface area contributed by atoms with Gasteiger partial charge in [-0.25, -0.2) is 9.97 Å². The highest BCUT2D eigenvalue weighted by Gasteiger charge is 2.12. The van der Waals surface area contributed by atoms with Crippen LogP contribution in [-0.4, -0.2) is 17.0 Å². The van der Waals surface area contributed by atoms with E-state index in [4.69, 9.17) is 4.98 Å². The number of rotatable bonds is 5. The molecule has 1 aromatic carbocycles. The minimum Gasteiger partial charge on any atom is -0.373 e. The van der Waals surface area contributed by atoms with Gasteiger partial charge in [0.2, 0.25) is 0 Å². The summed E-state index contributed by atoms with van der Waals surface area (Å²) in [4.78, 5) is 10.4. The van der Waals surface area contributed by atoms with Crippen LogP contribution in [0, 0.1) is 6.92 Å². The van der Waals surface area contributed by atoms with Gasteiger partial charge in [0.15, 0.2) is 0 Å². The molecule has 5 heteroatoms. The van der Waals surface area contributed by atoms with Crippen LogP contribution in [0.1, 0.15) is 24.7 Å². The zero-order valence-corrected chi connectivity index (χ0v) is 14.3. The van der Waals surface area contributed by atoms with E-state index in [0.717, 1.165) is 39.5 Å². The molecule has 0 unspecified atom stereocenters. The Labute approximate surface area is 132 Å². The first kappa shape index (κ1) is 15.3. The summed E-state index contributed by atoms with van der Waals surface area (Å²) < 4.78 is 1.09. The topological polar surface area (TPSA) is 37.8 Å². The van der Waals surface area contributed by atoms with E-state index >= 15 is 0 Å². The van der Waals surface area contributed by atoms with Gasteiger partial charge in [0, 0.05) is 28.4 Å². The van der Waals surface area contributed by atoms with Crippen molar-refractivity contribution in [1.29, 1.82) is 0 Å². The number of anilines is 1. The number of aromatic nitrogens is 2. The number of hydrogen-bond acceptors (Lipinski definition) is 4. The number of halogens is 1. The SMILES string of the molecule is CCCc1nc(NC)c(C)c(Sc2ccccc2Br)n1. The summed E-state index contributed by atoms with van der Waals surface area (Å²) in [6.45, 7) is 4.20. The number of nitrogens with one attached hydrogen (secondary N) is 1. The smallest absolute Gasteiger partial charge is 0.133 e. The van der Waals surface area contributed by atoms with Gasteiger partial charge in [-0.05, 0) is 41.4 Å². The van der Waals surface area contributed by atoms with Crippen molar-refractivity contribution in [3.63, 3.8) is 0 Å². The molecule has 0 aliphatic carbocycles. The molecule has 0 saturated heterocycles. The Kier molecular flexibility index (Phi) is 5.43. The molecule has 0 aliphatic rings. The lowest BCUT2D eigenvalue weighted by atomic mass is 10.3. The first-order chi connectivity index (χ1) is 9.65. The predicted molar refractivity (Wildman–Crippen MR) is 88.6 cm³/mol. The van der Waals surface area contributed by atoms with Crippen molar-refractivity contribution >= 4 is 33.5 Å². The average molecular weight is 352 g/mol.